The third-order valence-corrected chi connectivity index (χ3v) is 2.77. The van der Waals surface area contributed by atoms with Crippen LogP contribution < -0.4 is 10.1 Å². The predicted molar refractivity (Wildman–Crippen MR) is 70.0 cm³/mol. The highest BCUT2D eigenvalue weighted by atomic mass is 79.9. The molecule has 0 bridgehead atoms. The van der Waals surface area contributed by atoms with Gasteiger partial charge >= 0.3 is 6.61 Å². The van der Waals surface area contributed by atoms with Crippen molar-refractivity contribution in [1.82, 2.24) is 5.32 Å². The molecule has 0 aliphatic carbocycles. The highest BCUT2D eigenvalue weighted by Gasteiger charge is 2.15. The van der Waals surface area contributed by atoms with E-state index in [0.717, 1.165) is 0 Å². The molecule has 1 atom stereocenters. The predicted octanol–water partition coefficient (Wildman–Crippen LogP) is 2.43. The first kappa shape index (κ1) is 15.8. The van der Waals surface area contributed by atoms with Gasteiger partial charge in [-0.3, -0.25) is 4.79 Å². The molecule has 7 heteroatoms. The standard InChI is InChI=1S/C12H14BrF2NO3/c1-18-7-8(13)6-16-11(17)9-4-2-3-5-10(9)19-12(14)15/h2-5,8,12H,6-7H2,1H3,(H,16,17). The zero-order valence-electron chi connectivity index (χ0n) is 10.2. The van der Waals surface area contributed by atoms with Gasteiger partial charge in [-0.05, 0) is 12.1 Å². The average Bonchev–Trinajstić information content (AvgIpc) is 2.36. The van der Waals surface area contributed by atoms with Crippen molar-refractivity contribution in [3.63, 3.8) is 0 Å². The highest BCUT2D eigenvalue weighted by Crippen LogP contribution is 2.20. The molecule has 1 rings (SSSR count). The van der Waals surface area contributed by atoms with E-state index in [1.165, 1.54) is 18.2 Å². The summed E-state index contributed by atoms with van der Waals surface area (Å²) in [6, 6.07) is 5.84. The number of nitrogens with one attached hydrogen (secondary N) is 1. The minimum Gasteiger partial charge on any atom is -0.434 e. The van der Waals surface area contributed by atoms with Crippen molar-refractivity contribution in [2.45, 2.75) is 11.4 Å². The number of rotatable bonds is 7. The molecule has 106 valence electrons. The minimum absolute atomic E-state index is 0.0513. The number of methoxy groups -OCH3 is 1. The average molecular weight is 338 g/mol. The molecule has 0 aliphatic rings. The molecule has 1 unspecified atom stereocenters. The van der Waals surface area contributed by atoms with Crippen molar-refractivity contribution in [2.75, 3.05) is 20.3 Å². The maximum atomic E-state index is 12.2. The first-order valence-electron chi connectivity index (χ1n) is 5.49. The van der Waals surface area contributed by atoms with Gasteiger partial charge in [0, 0.05) is 13.7 Å². The molecular weight excluding hydrogens is 324 g/mol. The second-order valence-corrected chi connectivity index (χ2v) is 4.93. The maximum Gasteiger partial charge on any atom is 0.387 e. The number of hydrogen-bond acceptors (Lipinski definition) is 3. The van der Waals surface area contributed by atoms with Crippen LogP contribution in [0.25, 0.3) is 0 Å². The Balaban J connectivity index is 2.66. The summed E-state index contributed by atoms with van der Waals surface area (Å²) in [5, 5.41) is 2.61. The minimum atomic E-state index is -2.97. The molecule has 0 saturated carbocycles. The van der Waals surface area contributed by atoms with Gasteiger partial charge < -0.3 is 14.8 Å². The number of carbonyl (C=O) groups is 1. The Labute approximate surface area is 118 Å². The summed E-state index contributed by atoms with van der Waals surface area (Å²) >= 11 is 3.31. The highest BCUT2D eigenvalue weighted by molar-refractivity contribution is 9.09. The fourth-order valence-corrected chi connectivity index (χ4v) is 1.82. The van der Waals surface area contributed by atoms with E-state index >= 15 is 0 Å². The summed E-state index contributed by atoms with van der Waals surface area (Å²) in [5.41, 5.74) is 0.0694. The van der Waals surface area contributed by atoms with Crippen LogP contribution in [-0.2, 0) is 4.74 Å². The first-order chi connectivity index (χ1) is 9.04. The molecule has 0 fully saturated rings. The van der Waals surface area contributed by atoms with Gasteiger partial charge in [0.05, 0.1) is 17.0 Å². The van der Waals surface area contributed by atoms with Gasteiger partial charge in [-0.1, -0.05) is 28.1 Å². The van der Waals surface area contributed by atoms with Crippen LogP contribution in [-0.4, -0.2) is 37.6 Å². The van der Waals surface area contributed by atoms with Crippen molar-refractivity contribution in [2.24, 2.45) is 0 Å². The summed E-state index contributed by atoms with van der Waals surface area (Å²) in [4.78, 5) is 11.8. The number of hydrogen-bond donors (Lipinski definition) is 1. The van der Waals surface area contributed by atoms with Gasteiger partial charge in [0.2, 0.25) is 0 Å². The fraction of sp³-hybridized carbons (Fsp3) is 0.417. The van der Waals surface area contributed by atoms with Crippen LogP contribution in [0.1, 0.15) is 10.4 Å². The monoisotopic (exact) mass is 337 g/mol. The van der Waals surface area contributed by atoms with Crippen LogP contribution >= 0.6 is 15.9 Å². The Hall–Kier alpha value is -1.21. The maximum absolute atomic E-state index is 12.2. The van der Waals surface area contributed by atoms with Gasteiger partial charge in [0.25, 0.3) is 5.91 Å². The third kappa shape index (κ3) is 5.52. The second-order valence-electron chi connectivity index (χ2n) is 3.64. The topological polar surface area (TPSA) is 47.6 Å². The van der Waals surface area contributed by atoms with E-state index in [2.05, 4.69) is 26.0 Å². The summed E-state index contributed by atoms with van der Waals surface area (Å²) in [7, 11) is 1.54. The van der Waals surface area contributed by atoms with Crippen LogP contribution in [0.2, 0.25) is 0 Å². The van der Waals surface area contributed by atoms with E-state index < -0.39 is 12.5 Å². The van der Waals surface area contributed by atoms with Gasteiger partial charge in [-0.15, -0.1) is 0 Å². The van der Waals surface area contributed by atoms with E-state index in [9.17, 15) is 13.6 Å². The van der Waals surface area contributed by atoms with Crippen LogP contribution in [0.5, 0.6) is 5.75 Å². The molecule has 1 amide bonds. The number of para-hydroxylation sites is 1. The second kappa shape index (κ2) is 8.06. The molecule has 0 saturated heterocycles. The molecule has 0 aromatic heterocycles. The molecule has 0 heterocycles. The quantitative estimate of drug-likeness (QED) is 0.777. The SMILES string of the molecule is COCC(Br)CNC(=O)c1ccccc1OC(F)F. The third-order valence-electron chi connectivity index (χ3n) is 2.18. The van der Waals surface area contributed by atoms with Gasteiger partial charge in [0.1, 0.15) is 5.75 Å². The summed E-state index contributed by atoms with van der Waals surface area (Å²) in [5.74, 6) is -0.621. The molecule has 0 spiro atoms. The van der Waals surface area contributed by atoms with Crippen LogP contribution in [0.4, 0.5) is 8.78 Å². The van der Waals surface area contributed by atoms with Gasteiger partial charge in [0.15, 0.2) is 0 Å². The summed E-state index contributed by atoms with van der Waals surface area (Å²) < 4.78 is 33.6. The van der Waals surface area contributed by atoms with E-state index in [-0.39, 0.29) is 16.1 Å². The lowest BCUT2D eigenvalue weighted by Crippen LogP contribution is -2.31. The molecular formula is C12H14BrF2NO3. The smallest absolute Gasteiger partial charge is 0.387 e. The lowest BCUT2D eigenvalue weighted by molar-refractivity contribution is -0.0501. The zero-order valence-corrected chi connectivity index (χ0v) is 11.8. The zero-order chi connectivity index (χ0) is 14.3. The Morgan fingerprint density at radius 2 is 2.11 bits per heavy atom. The Bertz CT molecular complexity index is 418. The van der Waals surface area contributed by atoms with Crippen LogP contribution in [0.15, 0.2) is 24.3 Å². The van der Waals surface area contributed by atoms with Crippen molar-refractivity contribution < 1.29 is 23.0 Å². The number of halogens is 3. The number of benzene rings is 1. The van der Waals surface area contributed by atoms with E-state index in [0.29, 0.717) is 13.2 Å². The molecule has 0 aliphatic heterocycles. The van der Waals surface area contributed by atoms with Gasteiger partial charge in [-0.25, -0.2) is 0 Å². The summed E-state index contributed by atoms with van der Waals surface area (Å²) in [6.07, 6.45) is 0. The number of ether oxygens (including phenoxy) is 2. The van der Waals surface area contributed by atoms with Crippen LogP contribution in [0.3, 0.4) is 0 Å². The Morgan fingerprint density at radius 3 is 2.74 bits per heavy atom. The molecule has 1 aromatic rings. The van der Waals surface area contributed by atoms with Crippen molar-refractivity contribution >= 4 is 21.8 Å². The number of amides is 1. The summed E-state index contributed by atoms with van der Waals surface area (Å²) in [6.45, 7) is -2.23. The molecule has 19 heavy (non-hydrogen) atoms. The lowest BCUT2D eigenvalue weighted by Gasteiger charge is -2.12. The number of alkyl halides is 3. The molecule has 1 aromatic carbocycles. The van der Waals surface area contributed by atoms with E-state index in [1.807, 2.05) is 0 Å². The number of carbonyl (C=O) groups excluding carboxylic acids is 1. The van der Waals surface area contributed by atoms with E-state index in [1.54, 1.807) is 13.2 Å². The molecule has 4 nitrogen and oxygen atoms in total. The fourth-order valence-electron chi connectivity index (χ4n) is 1.39. The normalized spacial score (nSPS) is 12.3. The lowest BCUT2D eigenvalue weighted by atomic mass is 10.2. The first-order valence-corrected chi connectivity index (χ1v) is 6.41. The Kier molecular flexibility index (Phi) is 6.72. The van der Waals surface area contributed by atoms with E-state index in [4.69, 9.17) is 4.74 Å². The van der Waals surface area contributed by atoms with Crippen molar-refractivity contribution in [1.29, 1.82) is 0 Å². The Morgan fingerprint density at radius 1 is 1.42 bits per heavy atom. The largest absolute Gasteiger partial charge is 0.434 e. The van der Waals surface area contributed by atoms with Crippen LogP contribution in [0, 0.1) is 0 Å². The van der Waals surface area contributed by atoms with Crippen molar-refractivity contribution in [3.8, 4) is 5.75 Å². The van der Waals surface area contributed by atoms with Gasteiger partial charge in [-0.2, -0.15) is 8.78 Å². The van der Waals surface area contributed by atoms with Crippen molar-refractivity contribution in [3.05, 3.63) is 29.8 Å². The molecule has 0 radical (unpaired) electrons. The molecule has 1 N–H and O–H groups in total.